The topological polar surface area (TPSA) is 47.6 Å². The molecule has 2 rings (SSSR count). The Hall–Kier alpha value is -0.610. The fourth-order valence-corrected chi connectivity index (χ4v) is 2.97. The second-order valence-electron chi connectivity index (χ2n) is 5.10. The van der Waals surface area contributed by atoms with Gasteiger partial charge in [-0.15, -0.1) is 0 Å². The van der Waals surface area contributed by atoms with Crippen LogP contribution in [0.15, 0.2) is 0 Å². The van der Waals surface area contributed by atoms with Gasteiger partial charge in [0.15, 0.2) is 0 Å². The Morgan fingerprint density at radius 2 is 2.18 bits per heavy atom. The first-order chi connectivity index (χ1) is 8.24. The summed E-state index contributed by atoms with van der Waals surface area (Å²) >= 11 is 0. The van der Waals surface area contributed by atoms with Crippen LogP contribution < -0.4 is 5.32 Å². The van der Waals surface area contributed by atoms with Crippen LogP contribution in [-0.4, -0.2) is 37.4 Å². The van der Waals surface area contributed by atoms with Crippen molar-refractivity contribution in [3.8, 4) is 0 Å². The van der Waals surface area contributed by atoms with Crippen LogP contribution in [0.5, 0.6) is 0 Å². The highest BCUT2D eigenvalue weighted by Gasteiger charge is 2.41. The molecule has 1 unspecified atom stereocenters. The molecule has 4 heteroatoms. The number of rotatable bonds is 5. The molecule has 2 aliphatic rings. The van der Waals surface area contributed by atoms with E-state index in [1.54, 1.807) is 0 Å². The van der Waals surface area contributed by atoms with E-state index in [9.17, 15) is 4.79 Å². The molecule has 1 heterocycles. The average Bonchev–Trinajstić information content (AvgIpc) is 2.91. The summed E-state index contributed by atoms with van der Waals surface area (Å²) in [7, 11) is 0. The van der Waals surface area contributed by atoms with Crippen LogP contribution in [0, 0.1) is 0 Å². The van der Waals surface area contributed by atoms with Crippen LogP contribution in [0.3, 0.4) is 0 Å². The highest BCUT2D eigenvalue weighted by Crippen LogP contribution is 2.42. The van der Waals surface area contributed by atoms with Crippen LogP contribution in [0.25, 0.3) is 0 Å². The molecule has 1 atom stereocenters. The molecule has 0 bridgehead atoms. The van der Waals surface area contributed by atoms with E-state index in [-0.39, 0.29) is 17.7 Å². The van der Waals surface area contributed by atoms with E-state index in [1.165, 1.54) is 32.1 Å². The zero-order valence-corrected chi connectivity index (χ0v) is 10.7. The first-order valence-corrected chi connectivity index (χ1v) is 6.78. The molecule has 1 N–H and O–H groups in total. The Bertz CT molecular complexity index is 261. The molecule has 0 radical (unpaired) electrons. The minimum Gasteiger partial charge on any atom is -0.465 e. The van der Waals surface area contributed by atoms with Gasteiger partial charge >= 0.3 is 5.97 Å². The lowest BCUT2D eigenvalue weighted by Crippen LogP contribution is -2.34. The standard InChI is InChI=1S/C13H23NO3/c1-2-16-12(15)10-14-9-11-5-8-13(17-11)6-3-4-7-13/h11,14H,2-10H2,1H3. The van der Waals surface area contributed by atoms with Gasteiger partial charge in [0.2, 0.25) is 0 Å². The molecule has 1 spiro atoms. The van der Waals surface area contributed by atoms with E-state index in [1.807, 2.05) is 6.92 Å². The van der Waals surface area contributed by atoms with Crippen LogP contribution in [0.1, 0.15) is 45.4 Å². The van der Waals surface area contributed by atoms with Crippen molar-refractivity contribution in [3.63, 3.8) is 0 Å². The minimum absolute atomic E-state index is 0.180. The van der Waals surface area contributed by atoms with E-state index >= 15 is 0 Å². The van der Waals surface area contributed by atoms with Gasteiger partial charge in [0, 0.05) is 6.54 Å². The van der Waals surface area contributed by atoms with Gasteiger partial charge in [-0.05, 0) is 32.6 Å². The summed E-state index contributed by atoms with van der Waals surface area (Å²) in [5, 5.41) is 3.12. The molecular weight excluding hydrogens is 218 g/mol. The summed E-state index contributed by atoms with van der Waals surface area (Å²) in [5.41, 5.74) is 0.191. The van der Waals surface area contributed by atoms with Gasteiger partial charge in [0.25, 0.3) is 0 Å². The van der Waals surface area contributed by atoms with Gasteiger partial charge in [0.05, 0.1) is 24.9 Å². The molecule has 2 fully saturated rings. The van der Waals surface area contributed by atoms with Crippen LogP contribution >= 0.6 is 0 Å². The van der Waals surface area contributed by atoms with Crippen molar-refractivity contribution >= 4 is 5.97 Å². The first kappa shape index (κ1) is 12.8. The van der Waals surface area contributed by atoms with Crippen molar-refractivity contribution in [1.82, 2.24) is 5.32 Å². The van der Waals surface area contributed by atoms with E-state index < -0.39 is 0 Å². The summed E-state index contributed by atoms with van der Waals surface area (Å²) in [5.74, 6) is -0.180. The predicted molar refractivity (Wildman–Crippen MR) is 64.8 cm³/mol. The maximum atomic E-state index is 11.1. The monoisotopic (exact) mass is 241 g/mol. The molecule has 1 aliphatic carbocycles. The molecule has 0 aromatic rings. The number of hydrogen-bond donors (Lipinski definition) is 1. The molecule has 1 saturated heterocycles. The molecule has 98 valence electrons. The Kier molecular flexibility index (Phi) is 4.40. The molecule has 0 amide bonds. The van der Waals surface area contributed by atoms with E-state index in [0.717, 1.165) is 13.0 Å². The number of esters is 1. The van der Waals surface area contributed by atoms with Gasteiger partial charge in [-0.2, -0.15) is 0 Å². The Labute approximate surface area is 103 Å². The van der Waals surface area contributed by atoms with Gasteiger partial charge in [-0.3, -0.25) is 4.79 Å². The summed E-state index contributed by atoms with van der Waals surface area (Å²) in [4.78, 5) is 11.1. The highest BCUT2D eigenvalue weighted by molar-refractivity contribution is 5.71. The maximum Gasteiger partial charge on any atom is 0.319 e. The minimum atomic E-state index is -0.180. The van der Waals surface area contributed by atoms with Crippen molar-refractivity contribution < 1.29 is 14.3 Å². The van der Waals surface area contributed by atoms with Gasteiger partial charge in [-0.1, -0.05) is 12.8 Å². The lowest BCUT2D eigenvalue weighted by Gasteiger charge is -2.23. The third-order valence-corrected chi connectivity index (χ3v) is 3.80. The van der Waals surface area contributed by atoms with Gasteiger partial charge < -0.3 is 14.8 Å². The van der Waals surface area contributed by atoms with Crippen LogP contribution in [0.2, 0.25) is 0 Å². The van der Waals surface area contributed by atoms with Crippen molar-refractivity contribution in [1.29, 1.82) is 0 Å². The second kappa shape index (κ2) is 5.83. The largest absolute Gasteiger partial charge is 0.465 e. The number of ether oxygens (including phenoxy) is 2. The van der Waals surface area contributed by atoms with Gasteiger partial charge in [-0.25, -0.2) is 0 Å². The van der Waals surface area contributed by atoms with E-state index in [0.29, 0.717) is 13.2 Å². The van der Waals surface area contributed by atoms with Crippen molar-refractivity contribution in [2.24, 2.45) is 0 Å². The lowest BCUT2D eigenvalue weighted by atomic mass is 9.98. The number of carbonyl (C=O) groups excluding carboxylic acids is 1. The highest BCUT2D eigenvalue weighted by atomic mass is 16.5. The predicted octanol–water partition coefficient (Wildman–Crippen LogP) is 1.63. The molecule has 0 aromatic carbocycles. The second-order valence-corrected chi connectivity index (χ2v) is 5.10. The van der Waals surface area contributed by atoms with Crippen molar-refractivity contribution in [3.05, 3.63) is 0 Å². The number of hydrogen-bond acceptors (Lipinski definition) is 4. The van der Waals surface area contributed by atoms with Crippen LogP contribution in [0.4, 0.5) is 0 Å². The zero-order valence-electron chi connectivity index (χ0n) is 10.7. The smallest absolute Gasteiger partial charge is 0.319 e. The third kappa shape index (κ3) is 3.42. The Morgan fingerprint density at radius 3 is 2.88 bits per heavy atom. The third-order valence-electron chi connectivity index (χ3n) is 3.80. The van der Waals surface area contributed by atoms with Crippen LogP contribution in [-0.2, 0) is 14.3 Å². The first-order valence-electron chi connectivity index (χ1n) is 6.78. The average molecular weight is 241 g/mol. The van der Waals surface area contributed by atoms with Gasteiger partial charge in [0.1, 0.15) is 0 Å². The molecule has 0 aromatic heterocycles. The summed E-state index contributed by atoms with van der Waals surface area (Å²) < 4.78 is 11.0. The molecular formula is C13H23NO3. The summed E-state index contributed by atoms with van der Waals surface area (Å²) in [6, 6.07) is 0. The fourth-order valence-electron chi connectivity index (χ4n) is 2.97. The SMILES string of the molecule is CCOC(=O)CNCC1CCC2(CCCC2)O1. The van der Waals surface area contributed by atoms with E-state index in [2.05, 4.69) is 5.32 Å². The number of nitrogens with one attached hydrogen (secondary N) is 1. The summed E-state index contributed by atoms with van der Waals surface area (Å²) in [6.07, 6.45) is 7.66. The summed E-state index contributed by atoms with van der Waals surface area (Å²) in [6.45, 7) is 3.33. The molecule has 17 heavy (non-hydrogen) atoms. The van der Waals surface area contributed by atoms with E-state index in [4.69, 9.17) is 9.47 Å². The van der Waals surface area contributed by atoms with Crippen molar-refractivity contribution in [2.45, 2.75) is 57.2 Å². The quantitative estimate of drug-likeness (QED) is 0.743. The zero-order chi connectivity index (χ0) is 12.1. The maximum absolute atomic E-state index is 11.1. The Morgan fingerprint density at radius 1 is 1.41 bits per heavy atom. The molecule has 1 saturated carbocycles. The number of carbonyl (C=O) groups is 1. The molecule has 4 nitrogen and oxygen atoms in total. The fraction of sp³-hybridized carbons (Fsp3) is 0.923. The molecule has 1 aliphatic heterocycles. The normalized spacial score (nSPS) is 26.5. The van der Waals surface area contributed by atoms with Crippen molar-refractivity contribution in [2.75, 3.05) is 19.7 Å². The lowest BCUT2D eigenvalue weighted by molar-refractivity contribution is -0.142. The Balaban J connectivity index is 1.63.